The van der Waals surface area contributed by atoms with Crippen LogP contribution in [0.2, 0.25) is 0 Å². The molecule has 4 nitrogen and oxygen atoms in total. The van der Waals surface area contributed by atoms with Gasteiger partial charge in [0.05, 0.1) is 4.90 Å². The first-order valence-corrected chi connectivity index (χ1v) is 7.87. The molecule has 0 aliphatic rings. The van der Waals surface area contributed by atoms with Gasteiger partial charge < -0.3 is 0 Å². The second-order valence-electron chi connectivity index (χ2n) is 4.66. The molecule has 0 spiro atoms. The Morgan fingerprint density at radius 1 is 1.10 bits per heavy atom. The van der Waals surface area contributed by atoms with Gasteiger partial charge in [-0.15, -0.1) is 0 Å². The number of likely N-dealkylation sites (N-methyl/N-ethyl adjacent to an activating group) is 1. The number of benzene rings is 1. The first kappa shape index (κ1) is 14.7. The fourth-order valence-corrected chi connectivity index (χ4v) is 3.34. The van der Waals surface area contributed by atoms with Gasteiger partial charge in [0, 0.05) is 31.9 Å². The third kappa shape index (κ3) is 3.23. The lowest BCUT2D eigenvalue weighted by molar-refractivity contribution is 0.470. The van der Waals surface area contributed by atoms with Crippen LogP contribution < -0.4 is 0 Å². The van der Waals surface area contributed by atoms with Crippen molar-refractivity contribution in [3.05, 3.63) is 59.9 Å². The lowest BCUT2D eigenvalue weighted by Gasteiger charge is -2.18. The van der Waals surface area contributed by atoms with E-state index in [1.54, 1.807) is 38.4 Å². The van der Waals surface area contributed by atoms with E-state index in [9.17, 15) is 8.42 Å². The van der Waals surface area contributed by atoms with E-state index in [1.165, 1.54) is 4.31 Å². The van der Waals surface area contributed by atoms with Crippen LogP contribution in [0.5, 0.6) is 0 Å². The molecule has 0 unspecified atom stereocenters. The molecular formula is C15H18N2O2S. The smallest absolute Gasteiger partial charge is 0.243 e. The van der Waals surface area contributed by atoms with Crippen molar-refractivity contribution < 1.29 is 8.42 Å². The summed E-state index contributed by atoms with van der Waals surface area (Å²) in [5, 5.41) is 0. The van der Waals surface area contributed by atoms with Gasteiger partial charge in [0.2, 0.25) is 10.0 Å². The number of rotatable bonds is 5. The van der Waals surface area contributed by atoms with Crippen molar-refractivity contribution >= 4 is 10.0 Å². The van der Waals surface area contributed by atoms with Crippen LogP contribution >= 0.6 is 0 Å². The van der Waals surface area contributed by atoms with Crippen molar-refractivity contribution in [3.63, 3.8) is 0 Å². The summed E-state index contributed by atoms with van der Waals surface area (Å²) in [4.78, 5) is 4.57. The molecule has 1 aromatic heterocycles. The Bertz CT molecular complexity index is 669. The highest BCUT2D eigenvalue weighted by Crippen LogP contribution is 2.18. The van der Waals surface area contributed by atoms with Crippen LogP contribution in [0.4, 0.5) is 0 Å². The molecular weight excluding hydrogens is 272 g/mol. The summed E-state index contributed by atoms with van der Waals surface area (Å²) in [6.45, 7) is 2.22. The van der Waals surface area contributed by atoms with Crippen molar-refractivity contribution in [2.45, 2.75) is 18.2 Å². The van der Waals surface area contributed by atoms with Crippen molar-refractivity contribution in [1.29, 1.82) is 0 Å². The maximum atomic E-state index is 12.5. The van der Waals surface area contributed by atoms with Gasteiger partial charge in [0.25, 0.3) is 0 Å². The van der Waals surface area contributed by atoms with Crippen LogP contribution in [-0.2, 0) is 16.4 Å². The van der Waals surface area contributed by atoms with Crippen molar-refractivity contribution in [2.75, 3.05) is 13.6 Å². The highest BCUT2D eigenvalue weighted by atomic mass is 32.2. The maximum absolute atomic E-state index is 12.5. The summed E-state index contributed by atoms with van der Waals surface area (Å²) < 4.78 is 26.3. The normalized spacial score (nSPS) is 11.8. The van der Waals surface area contributed by atoms with E-state index in [0.717, 1.165) is 11.3 Å². The number of sulfonamides is 1. The van der Waals surface area contributed by atoms with Gasteiger partial charge in [0.15, 0.2) is 0 Å². The van der Waals surface area contributed by atoms with Crippen LogP contribution in [0.25, 0.3) is 0 Å². The van der Waals surface area contributed by atoms with Gasteiger partial charge in [-0.2, -0.15) is 0 Å². The zero-order valence-corrected chi connectivity index (χ0v) is 12.5. The van der Waals surface area contributed by atoms with Crippen LogP contribution in [0.3, 0.4) is 0 Å². The molecule has 2 rings (SSSR count). The Kier molecular flexibility index (Phi) is 4.52. The molecule has 5 heteroatoms. The van der Waals surface area contributed by atoms with E-state index in [0.29, 0.717) is 17.9 Å². The molecule has 2 aromatic rings. The topological polar surface area (TPSA) is 50.3 Å². The van der Waals surface area contributed by atoms with E-state index >= 15 is 0 Å². The summed E-state index contributed by atoms with van der Waals surface area (Å²) in [6.07, 6.45) is 2.31. The lowest BCUT2D eigenvalue weighted by atomic mass is 10.2. The van der Waals surface area contributed by atoms with E-state index in [-0.39, 0.29) is 0 Å². The molecule has 1 heterocycles. The summed E-state index contributed by atoms with van der Waals surface area (Å²) in [6, 6.07) is 12.7. The Balaban J connectivity index is 2.12. The second kappa shape index (κ2) is 6.15. The first-order chi connectivity index (χ1) is 9.51. The molecule has 0 bridgehead atoms. The molecule has 0 atom stereocenters. The number of pyridine rings is 1. The molecule has 0 amide bonds. The molecule has 106 valence electrons. The Morgan fingerprint density at radius 3 is 2.45 bits per heavy atom. The third-order valence-electron chi connectivity index (χ3n) is 3.19. The van der Waals surface area contributed by atoms with E-state index < -0.39 is 10.0 Å². The fourth-order valence-electron chi connectivity index (χ4n) is 1.95. The predicted octanol–water partition coefficient (Wildman–Crippen LogP) is 2.25. The van der Waals surface area contributed by atoms with Gasteiger partial charge in [-0.1, -0.05) is 24.3 Å². The first-order valence-electron chi connectivity index (χ1n) is 6.43. The number of nitrogens with zero attached hydrogens (tertiary/aromatic N) is 2. The average Bonchev–Trinajstić information content (AvgIpc) is 2.46. The van der Waals surface area contributed by atoms with Gasteiger partial charge in [-0.05, 0) is 30.7 Å². The Labute approximate surface area is 120 Å². The molecule has 1 aromatic carbocycles. The number of aromatic nitrogens is 1. The maximum Gasteiger partial charge on any atom is 0.243 e. The fraction of sp³-hybridized carbons (Fsp3) is 0.267. The zero-order chi connectivity index (χ0) is 14.6. The largest absolute Gasteiger partial charge is 0.261 e. The molecule has 0 radical (unpaired) electrons. The van der Waals surface area contributed by atoms with Gasteiger partial charge in [-0.25, -0.2) is 12.7 Å². The molecule has 0 aliphatic carbocycles. The van der Waals surface area contributed by atoms with E-state index in [1.807, 2.05) is 24.3 Å². The summed E-state index contributed by atoms with van der Waals surface area (Å²) in [7, 11) is -1.83. The Morgan fingerprint density at radius 2 is 1.80 bits per heavy atom. The summed E-state index contributed by atoms with van der Waals surface area (Å²) in [5.74, 6) is 0. The van der Waals surface area contributed by atoms with Gasteiger partial charge in [-0.3, -0.25) is 4.98 Å². The highest BCUT2D eigenvalue weighted by molar-refractivity contribution is 7.89. The van der Waals surface area contributed by atoms with Crippen LogP contribution in [-0.4, -0.2) is 31.3 Å². The van der Waals surface area contributed by atoms with E-state index in [2.05, 4.69) is 4.98 Å². The SMILES string of the molecule is Cc1ccccc1S(=O)(=O)N(C)CCc1ccccn1. The molecule has 0 saturated carbocycles. The molecule has 20 heavy (non-hydrogen) atoms. The van der Waals surface area contributed by atoms with Crippen LogP contribution in [0.1, 0.15) is 11.3 Å². The Hall–Kier alpha value is -1.72. The van der Waals surface area contributed by atoms with Gasteiger partial charge >= 0.3 is 0 Å². The van der Waals surface area contributed by atoms with Gasteiger partial charge in [0.1, 0.15) is 0 Å². The average molecular weight is 290 g/mol. The second-order valence-corrected chi connectivity index (χ2v) is 6.68. The standard InChI is InChI=1S/C15H18N2O2S/c1-13-7-3-4-9-15(13)20(18,19)17(2)12-10-14-8-5-6-11-16-14/h3-9,11H,10,12H2,1-2H3. The minimum absolute atomic E-state index is 0.364. The quantitative estimate of drug-likeness (QED) is 0.848. The van der Waals surface area contributed by atoms with Crippen molar-refractivity contribution in [1.82, 2.24) is 9.29 Å². The third-order valence-corrected chi connectivity index (χ3v) is 5.21. The predicted molar refractivity (Wildman–Crippen MR) is 78.9 cm³/mol. The molecule has 0 aliphatic heterocycles. The van der Waals surface area contributed by atoms with Crippen LogP contribution in [0, 0.1) is 6.92 Å². The monoisotopic (exact) mass is 290 g/mol. The highest BCUT2D eigenvalue weighted by Gasteiger charge is 2.21. The van der Waals surface area contributed by atoms with Crippen molar-refractivity contribution in [2.24, 2.45) is 0 Å². The minimum Gasteiger partial charge on any atom is -0.261 e. The van der Waals surface area contributed by atoms with Crippen molar-refractivity contribution in [3.8, 4) is 0 Å². The molecule has 0 fully saturated rings. The number of hydrogen-bond donors (Lipinski definition) is 0. The number of hydrogen-bond acceptors (Lipinski definition) is 3. The zero-order valence-electron chi connectivity index (χ0n) is 11.7. The lowest BCUT2D eigenvalue weighted by Crippen LogP contribution is -2.29. The number of aryl methyl sites for hydroxylation is 1. The molecule has 0 N–H and O–H groups in total. The summed E-state index contributed by atoms with van der Waals surface area (Å²) >= 11 is 0. The minimum atomic E-state index is -3.43. The van der Waals surface area contributed by atoms with Crippen LogP contribution in [0.15, 0.2) is 53.6 Å². The summed E-state index contributed by atoms with van der Waals surface area (Å²) in [5.41, 5.74) is 1.65. The van der Waals surface area contributed by atoms with E-state index in [4.69, 9.17) is 0 Å². The molecule has 0 saturated heterocycles.